The lowest BCUT2D eigenvalue weighted by molar-refractivity contribution is 0.355. The maximum Gasteiger partial charge on any atom is 0.183 e. The number of hydrogen-bond acceptors (Lipinski definition) is 5. The molecule has 0 amide bonds. The third kappa shape index (κ3) is 2.55. The molecule has 0 unspecified atom stereocenters. The van der Waals surface area contributed by atoms with Gasteiger partial charge in [-0.05, 0) is 30.3 Å². The summed E-state index contributed by atoms with van der Waals surface area (Å²) in [6.07, 6.45) is 3.44. The summed E-state index contributed by atoms with van der Waals surface area (Å²) in [5, 5.41) is 7.14. The second-order valence-electron chi connectivity index (χ2n) is 4.32. The summed E-state index contributed by atoms with van der Waals surface area (Å²) in [5.74, 6) is 2.59. The summed E-state index contributed by atoms with van der Waals surface area (Å²) in [6.45, 7) is 0. The first-order valence-corrected chi connectivity index (χ1v) is 6.37. The number of methoxy groups -OCH3 is 2. The van der Waals surface area contributed by atoms with Crippen LogP contribution in [0.3, 0.4) is 0 Å². The predicted octanol–water partition coefficient (Wildman–Crippen LogP) is 2.55. The highest BCUT2D eigenvalue weighted by molar-refractivity contribution is 5.63. The van der Waals surface area contributed by atoms with Gasteiger partial charge in [0.2, 0.25) is 0 Å². The molecule has 0 aliphatic heterocycles. The van der Waals surface area contributed by atoms with E-state index in [-0.39, 0.29) is 0 Å². The van der Waals surface area contributed by atoms with Gasteiger partial charge in [-0.2, -0.15) is 5.10 Å². The summed E-state index contributed by atoms with van der Waals surface area (Å²) in [4.78, 5) is 8.54. The van der Waals surface area contributed by atoms with E-state index in [2.05, 4.69) is 20.2 Å². The van der Waals surface area contributed by atoms with Crippen LogP contribution in [0.5, 0.6) is 11.5 Å². The SMILES string of the molecule is COc1ccc(-c2nc(-c3cccnc3)n[nH]2)cc1OC. The molecule has 1 N–H and O–H groups in total. The third-order valence-electron chi connectivity index (χ3n) is 3.06. The molecular formula is C15H14N4O2. The first kappa shape index (κ1) is 13.1. The van der Waals surface area contributed by atoms with Crippen molar-refractivity contribution >= 4 is 0 Å². The van der Waals surface area contributed by atoms with Crippen LogP contribution in [0.15, 0.2) is 42.7 Å². The van der Waals surface area contributed by atoms with Crippen LogP contribution in [0.1, 0.15) is 0 Å². The molecule has 6 nitrogen and oxygen atoms in total. The number of nitrogens with zero attached hydrogens (tertiary/aromatic N) is 3. The molecule has 6 heteroatoms. The van der Waals surface area contributed by atoms with E-state index in [0.717, 1.165) is 11.1 Å². The van der Waals surface area contributed by atoms with Crippen molar-refractivity contribution in [3.63, 3.8) is 0 Å². The number of rotatable bonds is 4. The second-order valence-corrected chi connectivity index (χ2v) is 4.32. The molecule has 2 heterocycles. The van der Waals surface area contributed by atoms with E-state index in [1.165, 1.54) is 0 Å². The molecule has 3 rings (SSSR count). The first-order valence-electron chi connectivity index (χ1n) is 6.37. The highest BCUT2D eigenvalue weighted by atomic mass is 16.5. The lowest BCUT2D eigenvalue weighted by Crippen LogP contribution is -1.91. The predicted molar refractivity (Wildman–Crippen MR) is 78.2 cm³/mol. The van der Waals surface area contributed by atoms with Gasteiger partial charge in [-0.15, -0.1) is 0 Å². The summed E-state index contributed by atoms with van der Waals surface area (Å²) in [7, 11) is 3.20. The van der Waals surface area contributed by atoms with Crippen molar-refractivity contribution in [3.8, 4) is 34.3 Å². The Morgan fingerprint density at radius 2 is 1.86 bits per heavy atom. The van der Waals surface area contributed by atoms with Crippen LogP contribution in [0, 0.1) is 0 Å². The highest BCUT2D eigenvalue weighted by Crippen LogP contribution is 2.31. The number of aromatic amines is 1. The van der Waals surface area contributed by atoms with Crippen molar-refractivity contribution in [1.29, 1.82) is 0 Å². The van der Waals surface area contributed by atoms with Gasteiger partial charge in [-0.1, -0.05) is 0 Å². The molecule has 1 aromatic carbocycles. The Balaban J connectivity index is 1.97. The standard InChI is InChI=1S/C15H14N4O2/c1-20-12-6-5-10(8-13(12)21-2)14-17-15(19-18-14)11-4-3-7-16-9-11/h3-9H,1-2H3,(H,17,18,19). The number of hydrogen-bond donors (Lipinski definition) is 1. The molecule has 0 fully saturated rings. The summed E-state index contributed by atoms with van der Waals surface area (Å²) < 4.78 is 10.5. The first-order chi connectivity index (χ1) is 10.3. The van der Waals surface area contributed by atoms with Crippen molar-refractivity contribution < 1.29 is 9.47 Å². The maximum absolute atomic E-state index is 5.29. The molecule has 0 radical (unpaired) electrons. The Hall–Kier alpha value is -2.89. The van der Waals surface area contributed by atoms with Gasteiger partial charge in [-0.3, -0.25) is 10.1 Å². The molecule has 0 aliphatic rings. The van der Waals surface area contributed by atoms with Gasteiger partial charge in [0, 0.05) is 23.5 Å². The Morgan fingerprint density at radius 1 is 1.00 bits per heavy atom. The number of benzene rings is 1. The minimum Gasteiger partial charge on any atom is -0.493 e. The van der Waals surface area contributed by atoms with Gasteiger partial charge >= 0.3 is 0 Å². The van der Waals surface area contributed by atoms with E-state index in [0.29, 0.717) is 23.1 Å². The Morgan fingerprint density at radius 3 is 2.57 bits per heavy atom. The van der Waals surface area contributed by atoms with Crippen molar-refractivity contribution in [2.45, 2.75) is 0 Å². The van der Waals surface area contributed by atoms with Gasteiger partial charge in [0.15, 0.2) is 23.1 Å². The molecule has 106 valence electrons. The zero-order valence-electron chi connectivity index (χ0n) is 11.7. The number of pyridine rings is 1. The summed E-state index contributed by atoms with van der Waals surface area (Å²) in [6, 6.07) is 9.35. The van der Waals surface area contributed by atoms with Crippen LogP contribution in [0.2, 0.25) is 0 Å². The lowest BCUT2D eigenvalue weighted by atomic mass is 10.2. The minimum atomic E-state index is 0.605. The minimum absolute atomic E-state index is 0.605. The Labute approximate surface area is 121 Å². The topological polar surface area (TPSA) is 72.9 Å². The van der Waals surface area contributed by atoms with Gasteiger partial charge < -0.3 is 9.47 Å². The van der Waals surface area contributed by atoms with Gasteiger partial charge in [0.1, 0.15) is 0 Å². The molecule has 0 bridgehead atoms. The van der Waals surface area contributed by atoms with E-state index < -0.39 is 0 Å². The van der Waals surface area contributed by atoms with Gasteiger partial charge in [0.05, 0.1) is 14.2 Å². The van der Waals surface area contributed by atoms with Crippen LogP contribution < -0.4 is 9.47 Å². The molecule has 21 heavy (non-hydrogen) atoms. The van der Waals surface area contributed by atoms with Crippen LogP contribution >= 0.6 is 0 Å². The van der Waals surface area contributed by atoms with Gasteiger partial charge in [0.25, 0.3) is 0 Å². The molecule has 2 aromatic heterocycles. The second kappa shape index (κ2) is 5.62. The molecule has 0 aliphatic carbocycles. The van der Waals surface area contributed by atoms with Crippen LogP contribution in [0.25, 0.3) is 22.8 Å². The highest BCUT2D eigenvalue weighted by Gasteiger charge is 2.11. The molecule has 0 spiro atoms. The average Bonchev–Trinajstić information content (AvgIpc) is 3.05. The van der Waals surface area contributed by atoms with Crippen LogP contribution in [-0.4, -0.2) is 34.4 Å². The Kier molecular flexibility index (Phi) is 3.51. The average molecular weight is 282 g/mol. The largest absolute Gasteiger partial charge is 0.493 e. The van der Waals surface area contributed by atoms with Crippen LogP contribution in [-0.2, 0) is 0 Å². The maximum atomic E-state index is 5.29. The van der Waals surface area contributed by atoms with E-state index in [9.17, 15) is 0 Å². The van der Waals surface area contributed by atoms with E-state index in [1.807, 2.05) is 30.3 Å². The van der Waals surface area contributed by atoms with Crippen LogP contribution in [0.4, 0.5) is 0 Å². The zero-order chi connectivity index (χ0) is 14.7. The van der Waals surface area contributed by atoms with Crippen molar-refractivity contribution in [1.82, 2.24) is 20.2 Å². The van der Waals surface area contributed by atoms with Gasteiger partial charge in [-0.25, -0.2) is 4.98 Å². The molecule has 0 saturated heterocycles. The van der Waals surface area contributed by atoms with E-state index >= 15 is 0 Å². The third-order valence-corrected chi connectivity index (χ3v) is 3.06. The molecule has 0 saturated carbocycles. The monoisotopic (exact) mass is 282 g/mol. The number of nitrogens with one attached hydrogen (secondary N) is 1. The normalized spacial score (nSPS) is 10.4. The van der Waals surface area contributed by atoms with E-state index in [1.54, 1.807) is 26.6 Å². The fourth-order valence-electron chi connectivity index (χ4n) is 2.00. The van der Waals surface area contributed by atoms with Crippen molar-refractivity contribution in [3.05, 3.63) is 42.7 Å². The lowest BCUT2D eigenvalue weighted by Gasteiger charge is -2.07. The Bertz CT molecular complexity index is 740. The quantitative estimate of drug-likeness (QED) is 0.796. The zero-order valence-corrected chi connectivity index (χ0v) is 11.7. The summed E-state index contributed by atoms with van der Waals surface area (Å²) in [5.41, 5.74) is 1.73. The fraction of sp³-hybridized carbons (Fsp3) is 0.133. The molecule has 0 atom stereocenters. The number of aromatic nitrogens is 4. The smallest absolute Gasteiger partial charge is 0.183 e. The van der Waals surface area contributed by atoms with E-state index in [4.69, 9.17) is 9.47 Å². The summed E-state index contributed by atoms with van der Waals surface area (Å²) >= 11 is 0. The van der Waals surface area contributed by atoms with Crippen molar-refractivity contribution in [2.75, 3.05) is 14.2 Å². The number of ether oxygens (including phenoxy) is 2. The molecular weight excluding hydrogens is 268 g/mol. The number of H-pyrrole nitrogens is 1. The van der Waals surface area contributed by atoms with Crippen molar-refractivity contribution in [2.24, 2.45) is 0 Å². The fourth-order valence-corrected chi connectivity index (χ4v) is 2.00. The molecule has 3 aromatic rings.